The third-order valence-electron chi connectivity index (χ3n) is 3.67. The molecular formula is C15H18N6O2. The van der Waals surface area contributed by atoms with E-state index in [2.05, 4.69) is 19.9 Å². The molecule has 0 radical (unpaired) electrons. The van der Waals surface area contributed by atoms with E-state index in [0.717, 1.165) is 0 Å². The first kappa shape index (κ1) is 15.1. The van der Waals surface area contributed by atoms with E-state index in [4.69, 9.17) is 4.74 Å². The van der Waals surface area contributed by atoms with Crippen LogP contribution in [0.2, 0.25) is 0 Å². The van der Waals surface area contributed by atoms with Crippen molar-refractivity contribution in [1.29, 1.82) is 0 Å². The van der Waals surface area contributed by atoms with Crippen molar-refractivity contribution in [1.82, 2.24) is 24.8 Å². The zero-order chi connectivity index (χ0) is 16.2. The van der Waals surface area contributed by atoms with E-state index in [1.807, 2.05) is 4.90 Å². The van der Waals surface area contributed by atoms with Crippen LogP contribution in [0.4, 0.5) is 5.95 Å². The van der Waals surface area contributed by atoms with Gasteiger partial charge in [0.1, 0.15) is 11.5 Å². The van der Waals surface area contributed by atoms with E-state index in [-0.39, 0.29) is 5.91 Å². The van der Waals surface area contributed by atoms with Gasteiger partial charge < -0.3 is 14.5 Å². The first-order valence-electron chi connectivity index (χ1n) is 7.38. The molecule has 1 aliphatic rings. The van der Waals surface area contributed by atoms with E-state index in [1.54, 1.807) is 43.5 Å². The molecule has 0 aromatic carbocycles. The number of carbonyl (C=O) groups is 1. The van der Waals surface area contributed by atoms with Crippen molar-refractivity contribution in [3.63, 3.8) is 0 Å². The van der Waals surface area contributed by atoms with Gasteiger partial charge in [0.2, 0.25) is 11.8 Å². The smallest absolute Gasteiger partial charge is 0.272 e. The van der Waals surface area contributed by atoms with Gasteiger partial charge in [-0.15, -0.1) is 0 Å². The Bertz CT molecular complexity index is 700. The molecule has 1 fully saturated rings. The minimum absolute atomic E-state index is 0.0679. The number of amides is 1. The highest BCUT2D eigenvalue weighted by molar-refractivity contribution is 5.92. The van der Waals surface area contributed by atoms with Gasteiger partial charge in [-0.3, -0.25) is 4.79 Å². The Morgan fingerprint density at radius 3 is 2.52 bits per heavy atom. The van der Waals surface area contributed by atoms with Crippen LogP contribution in [0.15, 0.2) is 24.5 Å². The minimum atomic E-state index is -0.0679. The Balaban J connectivity index is 1.65. The Hall–Kier alpha value is -2.77. The topological polar surface area (TPSA) is 84.3 Å². The quantitative estimate of drug-likeness (QED) is 0.817. The van der Waals surface area contributed by atoms with E-state index in [9.17, 15) is 4.79 Å². The molecule has 23 heavy (non-hydrogen) atoms. The maximum absolute atomic E-state index is 12.5. The Morgan fingerprint density at radius 1 is 1.09 bits per heavy atom. The maximum atomic E-state index is 12.5. The van der Waals surface area contributed by atoms with Crippen LogP contribution in [0.5, 0.6) is 5.88 Å². The van der Waals surface area contributed by atoms with Gasteiger partial charge >= 0.3 is 0 Å². The summed E-state index contributed by atoms with van der Waals surface area (Å²) in [5, 5.41) is 0. The van der Waals surface area contributed by atoms with Gasteiger partial charge in [-0.25, -0.2) is 15.0 Å². The summed E-state index contributed by atoms with van der Waals surface area (Å²) in [6, 6.07) is 3.35. The van der Waals surface area contributed by atoms with Gasteiger partial charge in [0.05, 0.1) is 7.11 Å². The molecule has 0 aliphatic carbocycles. The summed E-state index contributed by atoms with van der Waals surface area (Å²) >= 11 is 0. The molecule has 0 atom stereocenters. The average molecular weight is 314 g/mol. The van der Waals surface area contributed by atoms with Crippen LogP contribution in [0.25, 0.3) is 0 Å². The number of hydrogen-bond acceptors (Lipinski definition) is 7. The number of rotatable bonds is 3. The van der Waals surface area contributed by atoms with Crippen molar-refractivity contribution in [3.05, 3.63) is 36.0 Å². The fourth-order valence-corrected chi connectivity index (χ4v) is 2.45. The predicted octanol–water partition coefficient (Wildman–Crippen LogP) is 0.546. The SMILES string of the molecule is COc1ccnc(N2CCN(C(=O)c3ccnc(C)n3)CC2)n1. The van der Waals surface area contributed by atoms with Crippen LogP contribution in [-0.4, -0.2) is 64.0 Å². The molecule has 3 heterocycles. The van der Waals surface area contributed by atoms with Crippen LogP contribution >= 0.6 is 0 Å². The summed E-state index contributed by atoms with van der Waals surface area (Å²) in [4.78, 5) is 33.1. The molecule has 2 aromatic rings. The van der Waals surface area contributed by atoms with Crippen molar-refractivity contribution < 1.29 is 9.53 Å². The van der Waals surface area contributed by atoms with Crippen LogP contribution in [-0.2, 0) is 0 Å². The number of anilines is 1. The molecule has 0 spiro atoms. The molecule has 3 rings (SSSR count). The van der Waals surface area contributed by atoms with Crippen LogP contribution in [0.1, 0.15) is 16.3 Å². The van der Waals surface area contributed by atoms with Gasteiger partial charge in [-0.05, 0) is 13.0 Å². The second-order valence-corrected chi connectivity index (χ2v) is 5.17. The summed E-state index contributed by atoms with van der Waals surface area (Å²) in [7, 11) is 1.58. The van der Waals surface area contributed by atoms with Crippen LogP contribution in [0.3, 0.4) is 0 Å². The van der Waals surface area contributed by atoms with E-state index in [1.165, 1.54) is 0 Å². The molecule has 1 amide bonds. The van der Waals surface area contributed by atoms with Gasteiger partial charge in [-0.1, -0.05) is 0 Å². The van der Waals surface area contributed by atoms with E-state index < -0.39 is 0 Å². The molecular weight excluding hydrogens is 296 g/mol. The number of aryl methyl sites for hydroxylation is 1. The minimum Gasteiger partial charge on any atom is -0.481 e. The molecule has 1 aliphatic heterocycles. The maximum Gasteiger partial charge on any atom is 0.272 e. The lowest BCUT2D eigenvalue weighted by atomic mass is 10.2. The molecule has 8 nitrogen and oxygen atoms in total. The first-order chi connectivity index (χ1) is 11.2. The summed E-state index contributed by atoms with van der Waals surface area (Å²) in [6.07, 6.45) is 3.28. The lowest BCUT2D eigenvalue weighted by molar-refractivity contribution is 0.0739. The second-order valence-electron chi connectivity index (χ2n) is 5.17. The molecule has 0 unspecified atom stereocenters. The van der Waals surface area contributed by atoms with Gasteiger partial charge in [0, 0.05) is 44.6 Å². The molecule has 120 valence electrons. The lowest BCUT2D eigenvalue weighted by Crippen LogP contribution is -2.49. The molecule has 2 aromatic heterocycles. The number of aromatic nitrogens is 4. The van der Waals surface area contributed by atoms with Crippen molar-refractivity contribution in [2.45, 2.75) is 6.92 Å². The Labute approximate surface area is 134 Å². The zero-order valence-electron chi connectivity index (χ0n) is 13.1. The highest BCUT2D eigenvalue weighted by atomic mass is 16.5. The number of nitrogens with zero attached hydrogens (tertiary/aromatic N) is 6. The van der Waals surface area contributed by atoms with Gasteiger partial charge in [0.15, 0.2) is 0 Å². The summed E-state index contributed by atoms with van der Waals surface area (Å²) in [5.74, 6) is 1.68. The average Bonchev–Trinajstić information content (AvgIpc) is 2.61. The second kappa shape index (κ2) is 6.55. The molecule has 1 saturated heterocycles. The van der Waals surface area contributed by atoms with Crippen molar-refractivity contribution in [2.75, 3.05) is 38.2 Å². The molecule has 0 N–H and O–H groups in total. The van der Waals surface area contributed by atoms with E-state index in [0.29, 0.717) is 49.5 Å². The van der Waals surface area contributed by atoms with Crippen molar-refractivity contribution in [3.8, 4) is 5.88 Å². The third-order valence-corrected chi connectivity index (χ3v) is 3.67. The largest absolute Gasteiger partial charge is 0.481 e. The summed E-state index contributed by atoms with van der Waals surface area (Å²) in [5.41, 5.74) is 0.434. The van der Waals surface area contributed by atoms with E-state index >= 15 is 0 Å². The summed E-state index contributed by atoms with van der Waals surface area (Å²) < 4.78 is 5.12. The first-order valence-corrected chi connectivity index (χ1v) is 7.38. The van der Waals surface area contributed by atoms with Crippen molar-refractivity contribution in [2.24, 2.45) is 0 Å². The number of carbonyl (C=O) groups excluding carboxylic acids is 1. The fourth-order valence-electron chi connectivity index (χ4n) is 2.45. The Morgan fingerprint density at radius 2 is 1.83 bits per heavy atom. The number of methoxy groups -OCH3 is 1. The number of piperazine rings is 1. The third kappa shape index (κ3) is 3.36. The standard InChI is InChI=1S/C15H18N6O2/c1-11-16-5-3-12(18-11)14(22)20-7-9-21(10-8-20)15-17-6-4-13(19-15)23-2/h3-6H,7-10H2,1-2H3. The van der Waals surface area contributed by atoms with Gasteiger partial charge in [-0.2, -0.15) is 4.98 Å². The Kier molecular flexibility index (Phi) is 4.31. The molecule has 0 saturated carbocycles. The van der Waals surface area contributed by atoms with Crippen molar-refractivity contribution >= 4 is 11.9 Å². The zero-order valence-corrected chi connectivity index (χ0v) is 13.1. The highest BCUT2D eigenvalue weighted by Crippen LogP contribution is 2.15. The normalized spacial score (nSPS) is 14.7. The monoisotopic (exact) mass is 314 g/mol. The fraction of sp³-hybridized carbons (Fsp3) is 0.400. The number of hydrogen-bond donors (Lipinski definition) is 0. The molecule has 8 heteroatoms. The lowest BCUT2D eigenvalue weighted by Gasteiger charge is -2.34. The highest BCUT2D eigenvalue weighted by Gasteiger charge is 2.24. The number of ether oxygens (including phenoxy) is 1. The molecule has 0 bridgehead atoms. The van der Waals surface area contributed by atoms with Crippen LogP contribution in [0, 0.1) is 6.92 Å². The van der Waals surface area contributed by atoms with Crippen LogP contribution < -0.4 is 9.64 Å². The predicted molar refractivity (Wildman–Crippen MR) is 83.5 cm³/mol. The van der Waals surface area contributed by atoms with Gasteiger partial charge in [0.25, 0.3) is 5.91 Å². The summed E-state index contributed by atoms with van der Waals surface area (Å²) in [6.45, 7) is 4.31.